The first-order chi connectivity index (χ1) is 7.50. The normalized spacial score (nSPS) is 11.7. The van der Waals surface area contributed by atoms with Crippen molar-refractivity contribution in [1.29, 1.82) is 0 Å². The molecule has 0 bridgehead atoms. The summed E-state index contributed by atoms with van der Waals surface area (Å²) in [5.74, 6) is 0. The standard InChI is InChI=1S/C13H16N2S/c1-13(2,3)10-6-4-5-7-11(10)15-9-8-14-12(15)16/h4-9H,1-3H3,(H,14,16). The average Bonchev–Trinajstić information content (AvgIpc) is 2.63. The van der Waals surface area contributed by atoms with E-state index in [-0.39, 0.29) is 5.41 Å². The molecule has 0 saturated heterocycles. The molecule has 0 atom stereocenters. The smallest absolute Gasteiger partial charge is 0.181 e. The van der Waals surface area contributed by atoms with Crippen molar-refractivity contribution in [2.24, 2.45) is 0 Å². The first kappa shape index (κ1) is 11.1. The summed E-state index contributed by atoms with van der Waals surface area (Å²) in [6.45, 7) is 6.63. The summed E-state index contributed by atoms with van der Waals surface area (Å²) in [6.07, 6.45) is 3.83. The SMILES string of the molecule is CC(C)(C)c1ccccc1-n1cc[nH]c1=S. The molecule has 0 aliphatic heterocycles. The topological polar surface area (TPSA) is 20.7 Å². The van der Waals surface area contributed by atoms with Crippen molar-refractivity contribution in [3.05, 3.63) is 47.0 Å². The molecule has 84 valence electrons. The van der Waals surface area contributed by atoms with Gasteiger partial charge < -0.3 is 4.98 Å². The van der Waals surface area contributed by atoms with Gasteiger partial charge in [0.2, 0.25) is 0 Å². The molecule has 0 spiro atoms. The van der Waals surface area contributed by atoms with Gasteiger partial charge in [-0.2, -0.15) is 0 Å². The predicted octanol–water partition coefficient (Wildman–Crippen LogP) is 3.83. The zero-order chi connectivity index (χ0) is 11.8. The molecule has 0 unspecified atom stereocenters. The molecule has 0 amide bonds. The van der Waals surface area contributed by atoms with Crippen molar-refractivity contribution >= 4 is 12.2 Å². The molecular weight excluding hydrogens is 216 g/mol. The van der Waals surface area contributed by atoms with Crippen LogP contribution < -0.4 is 0 Å². The molecule has 1 heterocycles. The Hall–Kier alpha value is -1.35. The second kappa shape index (κ2) is 3.91. The van der Waals surface area contributed by atoms with Crippen LogP contribution in [0.1, 0.15) is 26.3 Å². The fourth-order valence-electron chi connectivity index (χ4n) is 1.83. The molecule has 0 aliphatic rings. The van der Waals surface area contributed by atoms with E-state index >= 15 is 0 Å². The van der Waals surface area contributed by atoms with Gasteiger partial charge in [-0.05, 0) is 29.3 Å². The summed E-state index contributed by atoms with van der Waals surface area (Å²) in [6, 6.07) is 8.37. The minimum atomic E-state index is 0.114. The lowest BCUT2D eigenvalue weighted by Gasteiger charge is -2.22. The van der Waals surface area contributed by atoms with Crippen LogP contribution in [-0.2, 0) is 5.41 Å². The van der Waals surface area contributed by atoms with Gasteiger partial charge in [-0.25, -0.2) is 0 Å². The number of hydrogen-bond acceptors (Lipinski definition) is 1. The third-order valence-electron chi connectivity index (χ3n) is 2.62. The van der Waals surface area contributed by atoms with Crippen molar-refractivity contribution in [1.82, 2.24) is 9.55 Å². The lowest BCUT2D eigenvalue weighted by atomic mass is 9.86. The molecule has 2 aromatic rings. The number of imidazole rings is 1. The molecule has 0 saturated carbocycles. The summed E-state index contributed by atoms with van der Waals surface area (Å²) < 4.78 is 2.74. The first-order valence-corrected chi connectivity index (χ1v) is 5.77. The van der Waals surface area contributed by atoms with Crippen molar-refractivity contribution in [3.8, 4) is 5.69 Å². The largest absolute Gasteiger partial charge is 0.337 e. The van der Waals surface area contributed by atoms with E-state index in [2.05, 4.69) is 44.0 Å². The van der Waals surface area contributed by atoms with Gasteiger partial charge in [0.15, 0.2) is 4.77 Å². The van der Waals surface area contributed by atoms with Crippen molar-refractivity contribution in [2.75, 3.05) is 0 Å². The summed E-state index contributed by atoms with van der Waals surface area (Å²) in [5.41, 5.74) is 2.56. The van der Waals surface area contributed by atoms with Crippen LogP contribution in [0.3, 0.4) is 0 Å². The molecular formula is C13H16N2S. The number of aromatic amines is 1. The van der Waals surface area contributed by atoms with E-state index in [0.717, 1.165) is 10.5 Å². The molecule has 3 heteroatoms. The van der Waals surface area contributed by atoms with E-state index in [4.69, 9.17) is 12.2 Å². The number of aromatic nitrogens is 2. The summed E-state index contributed by atoms with van der Waals surface area (Å²) in [4.78, 5) is 3.02. The van der Waals surface area contributed by atoms with E-state index < -0.39 is 0 Å². The van der Waals surface area contributed by atoms with E-state index in [1.54, 1.807) is 0 Å². The van der Waals surface area contributed by atoms with E-state index in [9.17, 15) is 0 Å². The average molecular weight is 232 g/mol. The van der Waals surface area contributed by atoms with Gasteiger partial charge in [0.25, 0.3) is 0 Å². The van der Waals surface area contributed by atoms with Gasteiger partial charge >= 0.3 is 0 Å². The van der Waals surface area contributed by atoms with Crippen molar-refractivity contribution in [3.63, 3.8) is 0 Å². The Kier molecular flexibility index (Phi) is 2.72. The van der Waals surface area contributed by atoms with Crippen molar-refractivity contribution in [2.45, 2.75) is 26.2 Å². The second-order valence-electron chi connectivity index (χ2n) is 4.90. The Morgan fingerprint density at radius 3 is 2.44 bits per heavy atom. The molecule has 0 radical (unpaired) electrons. The number of para-hydroxylation sites is 1. The molecule has 2 nitrogen and oxygen atoms in total. The minimum absolute atomic E-state index is 0.114. The van der Waals surface area contributed by atoms with Crippen molar-refractivity contribution < 1.29 is 0 Å². The van der Waals surface area contributed by atoms with Crippen LogP contribution in [-0.4, -0.2) is 9.55 Å². The number of nitrogens with one attached hydrogen (secondary N) is 1. The highest BCUT2D eigenvalue weighted by Crippen LogP contribution is 2.28. The molecule has 1 aromatic heterocycles. The number of H-pyrrole nitrogens is 1. The van der Waals surface area contributed by atoms with Crippen LogP contribution in [0.5, 0.6) is 0 Å². The van der Waals surface area contributed by atoms with Crippen LogP contribution in [0.25, 0.3) is 5.69 Å². The monoisotopic (exact) mass is 232 g/mol. The third-order valence-corrected chi connectivity index (χ3v) is 2.94. The van der Waals surface area contributed by atoms with Gasteiger partial charge in [0.1, 0.15) is 0 Å². The molecule has 16 heavy (non-hydrogen) atoms. The van der Waals surface area contributed by atoms with Gasteiger partial charge in [-0.15, -0.1) is 0 Å². The molecule has 1 N–H and O–H groups in total. The highest BCUT2D eigenvalue weighted by Gasteiger charge is 2.18. The van der Waals surface area contributed by atoms with Gasteiger partial charge in [0.05, 0.1) is 5.69 Å². The van der Waals surface area contributed by atoms with Crippen LogP contribution in [0.4, 0.5) is 0 Å². The summed E-state index contributed by atoms with van der Waals surface area (Å²) >= 11 is 5.26. The van der Waals surface area contributed by atoms with E-state index in [0.29, 0.717) is 0 Å². The van der Waals surface area contributed by atoms with Gasteiger partial charge in [-0.1, -0.05) is 39.0 Å². The lowest BCUT2D eigenvalue weighted by molar-refractivity contribution is 0.586. The quantitative estimate of drug-likeness (QED) is 0.741. The fourth-order valence-corrected chi connectivity index (χ4v) is 2.06. The molecule has 1 aromatic carbocycles. The summed E-state index contributed by atoms with van der Waals surface area (Å²) in [5, 5.41) is 0. The number of benzene rings is 1. The van der Waals surface area contributed by atoms with E-state index in [1.807, 2.05) is 23.0 Å². The van der Waals surface area contributed by atoms with Crippen LogP contribution in [0.2, 0.25) is 0 Å². The predicted molar refractivity (Wildman–Crippen MR) is 69.7 cm³/mol. The molecule has 0 fully saturated rings. The Morgan fingerprint density at radius 1 is 1.19 bits per heavy atom. The maximum Gasteiger partial charge on any atom is 0.181 e. The number of rotatable bonds is 1. The van der Waals surface area contributed by atoms with E-state index in [1.165, 1.54) is 5.56 Å². The fraction of sp³-hybridized carbons (Fsp3) is 0.308. The second-order valence-corrected chi connectivity index (χ2v) is 5.29. The highest BCUT2D eigenvalue weighted by molar-refractivity contribution is 7.71. The minimum Gasteiger partial charge on any atom is -0.337 e. The summed E-state index contributed by atoms with van der Waals surface area (Å²) in [7, 11) is 0. The lowest BCUT2D eigenvalue weighted by Crippen LogP contribution is -2.14. The maximum absolute atomic E-state index is 5.26. The number of hydrogen-bond donors (Lipinski definition) is 1. The zero-order valence-corrected chi connectivity index (χ0v) is 10.6. The first-order valence-electron chi connectivity index (χ1n) is 5.36. The Labute approximate surface area is 101 Å². The van der Waals surface area contributed by atoms with Crippen LogP contribution in [0, 0.1) is 4.77 Å². The van der Waals surface area contributed by atoms with Crippen LogP contribution in [0.15, 0.2) is 36.7 Å². The zero-order valence-electron chi connectivity index (χ0n) is 9.82. The third kappa shape index (κ3) is 1.95. The Bertz CT molecular complexity index is 543. The maximum atomic E-state index is 5.26. The highest BCUT2D eigenvalue weighted by atomic mass is 32.1. The molecule has 0 aliphatic carbocycles. The Morgan fingerprint density at radius 2 is 1.88 bits per heavy atom. The van der Waals surface area contributed by atoms with Crippen LogP contribution >= 0.6 is 12.2 Å². The molecule has 2 rings (SSSR count). The van der Waals surface area contributed by atoms with Gasteiger partial charge in [0, 0.05) is 12.4 Å². The van der Waals surface area contributed by atoms with Gasteiger partial charge in [-0.3, -0.25) is 4.57 Å². The Balaban J connectivity index is 2.67. The number of nitrogens with zero attached hydrogens (tertiary/aromatic N) is 1.